The Kier molecular flexibility index (Phi) is 3.81. The summed E-state index contributed by atoms with van der Waals surface area (Å²) in [6, 6.07) is 4.50. The molecule has 15 heavy (non-hydrogen) atoms. The third-order valence-corrected chi connectivity index (χ3v) is 2.29. The zero-order chi connectivity index (χ0) is 11.4. The van der Waals surface area contributed by atoms with Gasteiger partial charge in [0.05, 0.1) is 25.2 Å². The van der Waals surface area contributed by atoms with Crippen molar-refractivity contribution in [3.05, 3.63) is 33.5 Å². The molecule has 0 aromatic heterocycles. The second-order valence-electron chi connectivity index (χ2n) is 2.78. The lowest BCUT2D eigenvalue weighted by atomic mass is 10.1. The van der Waals surface area contributed by atoms with E-state index in [9.17, 15) is 9.18 Å². The van der Waals surface area contributed by atoms with Gasteiger partial charge in [0.15, 0.2) is 0 Å². The van der Waals surface area contributed by atoms with E-state index in [1.807, 2.05) is 6.07 Å². The number of esters is 1. The lowest BCUT2D eigenvalue weighted by Gasteiger charge is -2.04. The van der Waals surface area contributed by atoms with Crippen molar-refractivity contribution >= 4 is 21.9 Å². The van der Waals surface area contributed by atoms with E-state index in [1.165, 1.54) is 19.2 Å². The number of hydrogen-bond acceptors (Lipinski definition) is 3. The van der Waals surface area contributed by atoms with Crippen molar-refractivity contribution in [2.45, 2.75) is 6.42 Å². The predicted molar refractivity (Wildman–Crippen MR) is 54.5 cm³/mol. The molecule has 78 valence electrons. The molecule has 0 N–H and O–H groups in total. The first-order valence-electron chi connectivity index (χ1n) is 4.03. The van der Waals surface area contributed by atoms with Crippen molar-refractivity contribution in [2.75, 3.05) is 7.11 Å². The predicted octanol–water partition coefficient (Wildman–Crippen LogP) is 2.18. The largest absolute Gasteiger partial charge is 0.469 e. The first kappa shape index (κ1) is 11.7. The summed E-state index contributed by atoms with van der Waals surface area (Å²) < 4.78 is 18.3. The van der Waals surface area contributed by atoms with Crippen molar-refractivity contribution < 1.29 is 13.9 Å². The van der Waals surface area contributed by atoms with Crippen LogP contribution in [0.3, 0.4) is 0 Å². The van der Waals surface area contributed by atoms with Gasteiger partial charge >= 0.3 is 5.97 Å². The van der Waals surface area contributed by atoms with Crippen LogP contribution in [0.2, 0.25) is 0 Å². The Bertz CT molecular complexity index is 440. The van der Waals surface area contributed by atoms with E-state index in [2.05, 4.69) is 20.7 Å². The quantitative estimate of drug-likeness (QED) is 0.775. The molecular weight excluding hydrogens is 265 g/mol. The fourth-order valence-electron chi connectivity index (χ4n) is 1.10. The normalized spacial score (nSPS) is 9.47. The smallest absolute Gasteiger partial charge is 0.310 e. The van der Waals surface area contributed by atoms with Crippen molar-refractivity contribution in [3.63, 3.8) is 0 Å². The number of ether oxygens (including phenoxy) is 1. The van der Waals surface area contributed by atoms with Crippen LogP contribution in [0.4, 0.5) is 4.39 Å². The molecule has 0 amide bonds. The Balaban J connectivity index is 3.17. The van der Waals surface area contributed by atoms with Crippen molar-refractivity contribution in [1.29, 1.82) is 5.26 Å². The van der Waals surface area contributed by atoms with Crippen LogP contribution in [0.25, 0.3) is 0 Å². The SMILES string of the molecule is COC(=O)Cc1c(F)cc(Br)cc1C#N. The minimum absolute atomic E-state index is 0.0625. The number of carbonyl (C=O) groups excluding carboxylic acids is 1. The van der Waals surface area contributed by atoms with Crippen LogP contribution in [-0.4, -0.2) is 13.1 Å². The fourth-order valence-corrected chi connectivity index (χ4v) is 1.53. The number of carbonyl (C=O) groups is 1. The van der Waals surface area contributed by atoms with E-state index in [0.29, 0.717) is 4.47 Å². The van der Waals surface area contributed by atoms with Gasteiger partial charge in [-0.1, -0.05) is 15.9 Å². The maximum atomic E-state index is 13.4. The van der Waals surface area contributed by atoms with Crippen molar-refractivity contribution in [1.82, 2.24) is 0 Å². The highest BCUT2D eigenvalue weighted by Crippen LogP contribution is 2.20. The summed E-state index contributed by atoms with van der Waals surface area (Å²) in [6.07, 6.45) is -0.238. The van der Waals surface area contributed by atoms with Crippen LogP contribution in [0.1, 0.15) is 11.1 Å². The highest BCUT2D eigenvalue weighted by Gasteiger charge is 2.14. The number of benzene rings is 1. The monoisotopic (exact) mass is 271 g/mol. The van der Waals surface area contributed by atoms with Gasteiger partial charge in [0.2, 0.25) is 0 Å². The van der Waals surface area contributed by atoms with Gasteiger partial charge in [-0.2, -0.15) is 5.26 Å². The number of halogens is 2. The van der Waals surface area contributed by atoms with Crippen LogP contribution in [0.15, 0.2) is 16.6 Å². The summed E-state index contributed by atoms with van der Waals surface area (Å²) in [5.41, 5.74) is 0.194. The maximum absolute atomic E-state index is 13.4. The Labute approximate surface area is 94.6 Å². The van der Waals surface area contributed by atoms with Gasteiger partial charge in [0, 0.05) is 10.0 Å². The van der Waals surface area contributed by atoms with Crippen LogP contribution in [-0.2, 0) is 16.0 Å². The average molecular weight is 272 g/mol. The number of methoxy groups -OCH3 is 1. The zero-order valence-corrected chi connectivity index (χ0v) is 9.47. The van der Waals surface area contributed by atoms with Crippen molar-refractivity contribution in [3.8, 4) is 6.07 Å². The molecule has 0 unspecified atom stereocenters. The Morgan fingerprint density at radius 1 is 1.67 bits per heavy atom. The molecule has 0 atom stereocenters. The van der Waals surface area contributed by atoms with E-state index in [1.54, 1.807) is 0 Å². The summed E-state index contributed by atoms with van der Waals surface area (Å²) in [5, 5.41) is 8.76. The van der Waals surface area contributed by atoms with Crippen LogP contribution in [0.5, 0.6) is 0 Å². The minimum Gasteiger partial charge on any atom is -0.469 e. The van der Waals surface area contributed by atoms with E-state index < -0.39 is 11.8 Å². The third-order valence-electron chi connectivity index (χ3n) is 1.83. The lowest BCUT2D eigenvalue weighted by Crippen LogP contribution is -2.08. The van der Waals surface area contributed by atoms with E-state index in [-0.39, 0.29) is 17.5 Å². The number of rotatable bonds is 2. The van der Waals surface area contributed by atoms with Gasteiger partial charge in [-0.05, 0) is 12.1 Å². The number of nitriles is 1. The van der Waals surface area contributed by atoms with E-state index >= 15 is 0 Å². The molecule has 1 aromatic rings. The molecule has 0 saturated carbocycles. The molecule has 0 spiro atoms. The molecule has 5 heteroatoms. The summed E-state index contributed by atoms with van der Waals surface area (Å²) in [4.78, 5) is 11.0. The fraction of sp³-hybridized carbons (Fsp3) is 0.200. The number of nitrogens with zero attached hydrogens (tertiary/aromatic N) is 1. The van der Waals surface area contributed by atoms with E-state index in [4.69, 9.17) is 5.26 Å². The van der Waals surface area contributed by atoms with Gasteiger partial charge in [-0.3, -0.25) is 4.79 Å². The highest BCUT2D eigenvalue weighted by atomic mass is 79.9. The molecule has 0 saturated heterocycles. The molecule has 1 aromatic carbocycles. The second kappa shape index (κ2) is 4.89. The molecule has 1 rings (SSSR count). The lowest BCUT2D eigenvalue weighted by molar-refractivity contribution is -0.139. The molecule has 0 fully saturated rings. The molecule has 3 nitrogen and oxygen atoms in total. The molecule has 0 aliphatic heterocycles. The summed E-state index contributed by atoms with van der Waals surface area (Å²) >= 11 is 3.06. The van der Waals surface area contributed by atoms with E-state index in [0.717, 1.165) is 0 Å². The molecule has 0 bridgehead atoms. The van der Waals surface area contributed by atoms with Crippen LogP contribution < -0.4 is 0 Å². The first-order chi connectivity index (χ1) is 7.08. The van der Waals surface area contributed by atoms with Gasteiger partial charge in [-0.25, -0.2) is 4.39 Å². The Hall–Kier alpha value is -1.41. The standard InChI is InChI=1S/C10H7BrFNO2/c1-15-10(14)4-8-6(5-13)2-7(11)3-9(8)12/h2-3H,4H2,1H3. The average Bonchev–Trinajstić information content (AvgIpc) is 2.21. The topological polar surface area (TPSA) is 50.1 Å². The second-order valence-corrected chi connectivity index (χ2v) is 3.69. The van der Waals surface area contributed by atoms with Gasteiger partial charge in [-0.15, -0.1) is 0 Å². The summed E-state index contributed by atoms with van der Waals surface area (Å²) in [7, 11) is 1.21. The van der Waals surface area contributed by atoms with Gasteiger partial charge in [0.1, 0.15) is 5.82 Å². The highest BCUT2D eigenvalue weighted by molar-refractivity contribution is 9.10. The molecule has 0 aliphatic rings. The summed E-state index contributed by atoms with van der Waals surface area (Å²) in [5.74, 6) is -1.17. The Morgan fingerprint density at radius 3 is 2.87 bits per heavy atom. The zero-order valence-electron chi connectivity index (χ0n) is 7.88. The molecule has 0 heterocycles. The molecule has 0 aliphatic carbocycles. The van der Waals surface area contributed by atoms with Gasteiger partial charge < -0.3 is 4.74 Å². The Morgan fingerprint density at radius 2 is 2.33 bits per heavy atom. The maximum Gasteiger partial charge on any atom is 0.310 e. The minimum atomic E-state index is -0.591. The molecular formula is C10H7BrFNO2. The summed E-state index contributed by atoms with van der Waals surface area (Å²) in [6.45, 7) is 0. The van der Waals surface area contributed by atoms with Crippen LogP contribution in [0, 0.1) is 17.1 Å². The van der Waals surface area contributed by atoms with Gasteiger partial charge in [0.25, 0.3) is 0 Å². The molecule has 0 radical (unpaired) electrons. The first-order valence-corrected chi connectivity index (χ1v) is 4.82. The third kappa shape index (κ3) is 2.77. The van der Waals surface area contributed by atoms with Crippen LogP contribution >= 0.6 is 15.9 Å². The number of hydrogen-bond donors (Lipinski definition) is 0. The van der Waals surface area contributed by atoms with Crippen molar-refractivity contribution in [2.24, 2.45) is 0 Å².